The zero-order chi connectivity index (χ0) is 17.7. The summed E-state index contributed by atoms with van der Waals surface area (Å²) in [5.41, 5.74) is 1.54. The number of carbonyl (C=O) groups excluding carboxylic acids is 2. The van der Waals surface area contributed by atoms with Gasteiger partial charge < -0.3 is 15.4 Å². The Kier molecular flexibility index (Phi) is 5.24. The first-order valence-electron chi connectivity index (χ1n) is 7.67. The van der Waals surface area contributed by atoms with Gasteiger partial charge in [0.05, 0.1) is 7.11 Å². The second-order valence-electron chi connectivity index (χ2n) is 6.04. The molecule has 2 amide bonds. The molecule has 2 N–H and O–H groups in total. The summed E-state index contributed by atoms with van der Waals surface area (Å²) in [6.45, 7) is 4.71. The van der Waals surface area contributed by atoms with E-state index in [0.717, 1.165) is 16.9 Å². The maximum absolute atomic E-state index is 12.4. The lowest BCUT2D eigenvalue weighted by Crippen LogP contribution is -2.51. The van der Waals surface area contributed by atoms with Gasteiger partial charge in [-0.1, -0.05) is 30.3 Å². The number of nitrogens with one attached hydrogen (secondary N) is 2. The molecule has 0 fully saturated rings. The van der Waals surface area contributed by atoms with E-state index >= 15 is 0 Å². The number of hydrogen-bond acceptors (Lipinski definition) is 3. The Bertz CT molecular complexity index is 754. The highest BCUT2D eigenvalue weighted by Crippen LogP contribution is 2.31. The molecule has 0 aliphatic heterocycles. The second kappa shape index (κ2) is 7.17. The fourth-order valence-electron chi connectivity index (χ4n) is 2.43. The number of rotatable bonds is 5. The van der Waals surface area contributed by atoms with Crippen molar-refractivity contribution in [3.8, 4) is 16.9 Å². The number of methoxy groups -OCH3 is 1. The molecule has 0 radical (unpaired) electrons. The zero-order valence-electron chi connectivity index (χ0n) is 14.3. The van der Waals surface area contributed by atoms with E-state index in [4.69, 9.17) is 4.74 Å². The van der Waals surface area contributed by atoms with E-state index in [1.54, 1.807) is 27.0 Å². The van der Waals surface area contributed by atoms with Crippen molar-refractivity contribution in [3.05, 3.63) is 48.5 Å². The monoisotopic (exact) mass is 326 g/mol. The summed E-state index contributed by atoms with van der Waals surface area (Å²) in [6.07, 6.45) is 0. The Morgan fingerprint density at radius 1 is 1.04 bits per heavy atom. The lowest BCUT2D eigenvalue weighted by atomic mass is 10.0. The van der Waals surface area contributed by atoms with Crippen molar-refractivity contribution in [1.82, 2.24) is 5.32 Å². The predicted octanol–water partition coefficient (Wildman–Crippen LogP) is 3.22. The van der Waals surface area contributed by atoms with Gasteiger partial charge in [-0.15, -0.1) is 0 Å². The van der Waals surface area contributed by atoms with E-state index in [2.05, 4.69) is 10.6 Å². The normalized spacial score (nSPS) is 10.8. The van der Waals surface area contributed by atoms with Crippen LogP contribution >= 0.6 is 0 Å². The summed E-state index contributed by atoms with van der Waals surface area (Å²) in [5, 5.41) is 5.47. The minimum absolute atomic E-state index is 0.252. The van der Waals surface area contributed by atoms with Crippen molar-refractivity contribution in [2.75, 3.05) is 12.4 Å². The first-order chi connectivity index (χ1) is 11.3. The maximum atomic E-state index is 12.4. The molecule has 0 aromatic heterocycles. The van der Waals surface area contributed by atoms with Crippen LogP contribution in [0.4, 0.5) is 5.69 Å². The molecule has 24 heavy (non-hydrogen) atoms. The summed E-state index contributed by atoms with van der Waals surface area (Å²) in [4.78, 5) is 23.6. The average molecular weight is 326 g/mol. The van der Waals surface area contributed by atoms with Gasteiger partial charge in [-0.25, -0.2) is 0 Å². The number of benzene rings is 2. The fraction of sp³-hybridized carbons (Fsp3) is 0.263. The largest absolute Gasteiger partial charge is 0.496 e. The molecule has 0 aliphatic carbocycles. The van der Waals surface area contributed by atoms with Gasteiger partial charge in [-0.3, -0.25) is 9.59 Å². The van der Waals surface area contributed by atoms with Crippen LogP contribution < -0.4 is 15.4 Å². The first kappa shape index (κ1) is 17.5. The minimum Gasteiger partial charge on any atom is -0.496 e. The van der Waals surface area contributed by atoms with Gasteiger partial charge in [-0.2, -0.15) is 0 Å². The van der Waals surface area contributed by atoms with E-state index in [1.165, 1.54) is 6.92 Å². The van der Waals surface area contributed by atoms with Gasteiger partial charge in [0, 0.05) is 18.2 Å². The van der Waals surface area contributed by atoms with Gasteiger partial charge >= 0.3 is 0 Å². The van der Waals surface area contributed by atoms with Crippen LogP contribution in [0.15, 0.2) is 48.5 Å². The summed E-state index contributed by atoms with van der Waals surface area (Å²) in [5.74, 6) is 0.229. The molecule has 2 rings (SSSR count). The summed E-state index contributed by atoms with van der Waals surface area (Å²) < 4.78 is 5.38. The van der Waals surface area contributed by atoms with Crippen LogP contribution in [0, 0.1) is 0 Å². The molecule has 0 heterocycles. The van der Waals surface area contributed by atoms with Gasteiger partial charge in [0.2, 0.25) is 11.8 Å². The maximum Gasteiger partial charge on any atom is 0.249 e. The Balaban J connectivity index is 2.25. The van der Waals surface area contributed by atoms with Crippen molar-refractivity contribution in [1.29, 1.82) is 0 Å². The highest BCUT2D eigenvalue weighted by atomic mass is 16.5. The van der Waals surface area contributed by atoms with E-state index in [0.29, 0.717) is 5.69 Å². The van der Waals surface area contributed by atoms with Crippen molar-refractivity contribution in [3.63, 3.8) is 0 Å². The quantitative estimate of drug-likeness (QED) is 0.886. The molecule has 0 saturated heterocycles. The van der Waals surface area contributed by atoms with Crippen molar-refractivity contribution in [2.24, 2.45) is 0 Å². The number of ether oxygens (including phenoxy) is 1. The van der Waals surface area contributed by atoms with E-state index in [-0.39, 0.29) is 11.8 Å². The number of carbonyl (C=O) groups is 2. The molecule has 0 aliphatic rings. The third-order valence-corrected chi connectivity index (χ3v) is 3.59. The van der Waals surface area contributed by atoms with E-state index < -0.39 is 5.54 Å². The number of hydrogen-bond donors (Lipinski definition) is 2. The van der Waals surface area contributed by atoms with Gasteiger partial charge in [0.25, 0.3) is 0 Å². The first-order valence-corrected chi connectivity index (χ1v) is 7.67. The Hall–Kier alpha value is -2.82. The molecule has 5 heteroatoms. The van der Waals surface area contributed by atoms with Crippen LogP contribution in [0.5, 0.6) is 5.75 Å². The van der Waals surface area contributed by atoms with Crippen LogP contribution in [-0.2, 0) is 9.59 Å². The van der Waals surface area contributed by atoms with Gasteiger partial charge in [0.15, 0.2) is 0 Å². The second-order valence-corrected chi connectivity index (χ2v) is 6.04. The number of para-hydroxylation sites is 1. The third kappa shape index (κ3) is 4.13. The average Bonchev–Trinajstić information content (AvgIpc) is 2.54. The highest BCUT2D eigenvalue weighted by molar-refractivity contribution is 6.00. The minimum atomic E-state index is -0.994. The molecule has 0 atom stereocenters. The van der Waals surface area contributed by atoms with Crippen LogP contribution in [-0.4, -0.2) is 24.5 Å². The standard InChI is InChI=1S/C19H22N2O3/c1-13(22)21-19(2,3)18(23)20-15-9-7-8-14(12-15)16-10-5-6-11-17(16)24-4/h5-12H,1-4H3,(H,20,23)(H,21,22). The van der Waals surface area contributed by atoms with Crippen molar-refractivity contribution in [2.45, 2.75) is 26.3 Å². The summed E-state index contributed by atoms with van der Waals surface area (Å²) in [6, 6.07) is 15.2. The predicted molar refractivity (Wildman–Crippen MR) is 95.0 cm³/mol. The molecule has 0 spiro atoms. The molecular formula is C19H22N2O3. The molecule has 126 valence electrons. The third-order valence-electron chi connectivity index (χ3n) is 3.59. The Morgan fingerprint density at radius 3 is 2.42 bits per heavy atom. The number of anilines is 1. The lowest BCUT2D eigenvalue weighted by molar-refractivity contribution is -0.128. The Morgan fingerprint density at radius 2 is 1.75 bits per heavy atom. The van der Waals surface area contributed by atoms with Crippen LogP contribution in [0.3, 0.4) is 0 Å². The molecule has 2 aromatic rings. The molecule has 0 unspecified atom stereocenters. The highest BCUT2D eigenvalue weighted by Gasteiger charge is 2.28. The van der Waals surface area contributed by atoms with Gasteiger partial charge in [0.1, 0.15) is 11.3 Å². The molecule has 0 bridgehead atoms. The van der Waals surface area contributed by atoms with Crippen LogP contribution in [0.1, 0.15) is 20.8 Å². The number of amides is 2. The SMILES string of the molecule is COc1ccccc1-c1cccc(NC(=O)C(C)(C)NC(C)=O)c1. The Labute approximate surface area is 142 Å². The van der Waals surface area contributed by atoms with Crippen molar-refractivity contribution < 1.29 is 14.3 Å². The van der Waals surface area contributed by atoms with Crippen LogP contribution in [0.25, 0.3) is 11.1 Å². The van der Waals surface area contributed by atoms with Crippen LogP contribution in [0.2, 0.25) is 0 Å². The van der Waals surface area contributed by atoms with Crippen molar-refractivity contribution >= 4 is 17.5 Å². The van der Waals surface area contributed by atoms with E-state index in [9.17, 15) is 9.59 Å². The summed E-state index contributed by atoms with van der Waals surface area (Å²) >= 11 is 0. The van der Waals surface area contributed by atoms with Gasteiger partial charge in [-0.05, 0) is 37.6 Å². The molecule has 0 saturated carbocycles. The molecule has 5 nitrogen and oxygen atoms in total. The molecular weight excluding hydrogens is 304 g/mol. The summed E-state index contributed by atoms with van der Waals surface area (Å²) in [7, 11) is 1.63. The smallest absolute Gasteiger partial charge is 0.249 e. The lowest BCUT2D eigenvalue weighted by Gasteiger charge is -2.24. The fourth-order valence-corrected chi connectivity index (χ4v) is 2.43. The topological polar surface area (TPSA) is 67.4 Å². The molecule has 2 aromatic carbocycles. The van der Waals surface area contributed by atoms with E-state index in [1.807, 2.05) is 42.5 Å². The zero-order valence-corrected chi connectivity index (χ0v) is 14.3.